The van der Waals surface area contributed by atoms with E-state index in [0.29, 0.717) is 0 Å². The van der Waals surface area contributed by atoms with Crippen LogP contribution in [0.3, 0.4) is 0 Å². The van der Waals surface area contributed by atoms with E-state index in [2.05, 4.69) is 0 Å². The molecule has 0 bridgehead atoms. The molecule has 0 aliphatic carbocycles. The van der Waals surface area contributed by atoms with E-state index in [9.17, 15) is 30.7 Å². The summed E-state index contributed by atoms with van der Waals surface area (Å²) in [6.07, 6.45) is -6.89. The van der Waals surface area contributed by atoms with Gasteiger partial charge >= 0.3 is 18.0 Å². The number of hydrogen-bond acceptors (Lipinski definition) is 0. The van der Waals surface area contributed by atoms with Gasteiger partial charge in [0, 0.05) is 5.92 Å². The lowest BCUT2D eigenvalue weighted by Crippen LogP contribution is -2.55. The van der Waals surface area contributed by atoms with Crippen LogP contribution in [0.2, 0.25) is 0 Å². The van der Waals surface area contributed by atoms with Crippen LogP contribution in [-0.4, -0.2) is 18.0 Å². The van der Waals surface area contributed by atoms with Crippen LogP contribution in [0.1, 0.15) is 33.1 Å². The van der Waals surface area contributed by atoms with Crippen molar-refractivity contribution in [2.45, 2.75) is 51.1 Å². The molecule has 0 saturated carbocycles. The minimum Gasteiger partial charge on any atom is -0.199 e. The predicted molar refractivity (Wildman–Crippen MR) is 44.6 cm³/mol. The van der Waals surface area contributed by atoms with Gasteiger partial charge in [0.25, 0.3) is 0 Å². The van der Waals surface area contributed by atoms with E-state index in [4.69, 9.17) is 0 Å². The molecule has 0 N–H and O–H groups in total. The van der Waals surface area contributed by atoms with Crippen LogP contribution in [0.15, 0.2) is 0 Å². The topological polar surface area (TPSA) is 0 Å². The zero-order valence-corrected chi connectivity index (χ0v) is 8.84. The third-order valence-electron chi connectivity index (χ3n) is 2.42. The maximum Gasteiger partial charge on any atom is 0.459 e. The molecule has 0 radical (unpaired) electrons. The number of halogens is 7. The summed E-state index contributed by atoms with van der Waals surface area (Å²) in [6, 6.07) is 0. The summed E-state index contributed by atoms with van der Waals surface area (Å²) in [6.45, 7) is 2.62. The lowest BCUT2D eigenvalue weighted by molar-refractivity contribution is -0.366. The zero-order valence-electron chi connectivity index (χ0n) is 8.84. The molecule has 0 rings (SSSR count). The number of hydrogen-bond donors (Lipinski definition) is 0. The Labute approximate surface area is 88.8 Å². The van der Waals surface area contributed by atoms with E-state index < -0.39 is 30.4 Å². The molecule has 0 fully saturated rings. The van der Waals surface area contributed by atoms with Gasteiger partial charge in [0.2, 0.25) is 0 Å². The predicted octanol–water partition coefficient (Wildman–Crippen LogP) is 4.65. The molecule has 0 heterocycles. The summed E-state index contributed by atoms with van der Waals surface area (Å²) in [7, 11) is 0. The van der Waals surface area contributed by atoms with Gasteiger partial charge in [-0.15, -0.1) is 0 Å². The van der Waals surface area contributed by atoms with Crippen LogP contribution >= 0.6 is 0 Å². The van der Waals surface area contributed by atoms with Gasteiger partial charge in [-0.1, -0.05) is 20.3 Å². The van der Waals surface area contributed by atoms with E-state index in [1.54, 1.807) is 0 Å². The molecule has 0 aromatic carbocycles. The SMILES string of the molecule is CCCC(CC)C(F)(F)C(F)(F)C(F)(F)F. The average molecular weight is 254 g/mol. The summed E-state index contributed by atoms with van der Waals surface area (Å²) in [5.74, 6) is -13.0. The van der Waals surface area contributed by atoms with Crippen molar-refractivity contribution in [1.29, 1.82) is 0 Å². The van der Waals surface area contributed by atoms with Crippen LogP contribution in [0.4, 0.5) is 30.7 Å². The normalized spacial score (nSPS) is 16.3. The van der Waals surface area contributed by atoms with Crippen molar-refractivity contribution < 1.29 is 30.7 Å². The van der Waals surface area contributed by atoms with Crippen LogP contribution in [0.25, 0.3) is 0 Å². The fourth-order valence-electron chi connectivity index (χ4n) is 1.44. The zero-order chi connectivity index (χ0) is 13.2. The molecule has 0 saturated heterocycles. The smallest absolute Gasteiger partial charge is 0.199 e. The highest BCUT2D eigenvalue weighted by Crippen LogP contribution is 2.51. The van der Waals surface area contributed by atoms with Gasteiger partial charge in [-0.05, 0) is 12.8 Å². The second-order valence-corrected chi connectivity index (χ2v) is 3.59. The molecule has 0 nitrogen and oxygen atoms in total. The van der Waals surface area contributed by atoms with Crippen molar-refractivity contribution in [1.82, 2.24) is 0 Å². The highest BCUT2D eigenvalue weighted by molar-refractivity contribution is 4.95. The van der Waals surface area contributed by atoms with Crippen molar-refractivity contribution in [2.24, 2.45) is 5.92 Å². The lowest BCUT2D eigenvalue weighted by Gasteiger charge is -2.33. The van der Waals surface area contributed by atoms with E-state index in [1.807, 2.05) is 0 Å². The second kappa shape index (κ2) is 4.79. The highest BCUT2D eigenvalue weighted by atomic mass is 19.4. The molecule has 0 aromatic heterocycles. The van der Waals surface area contributed by atoms with Crippen molar-refractivity contribution in [3.63, 3.8) is 0 Å². The monoisotopic (exact) mass is 254 g/mol. The summed E-state index contributed by atoms with van der Waals surface area (Å²) in [5, 5.41) is 0. The molecular weight excluding hydrogens is 241 g/mol. The molecule has 0 aromatic rings. The first kappa shape index (κ1) is 15.5. The number of alkyl halides is 7. The van der Waals surface area contributed by atoms with Crippen LogP contribution < -0.4 is 0 Å². The fraction of sp³-hybridized carbons (Fsp3) is 1.00. The van der Waals surface area contributed by atoms with Gasteiger partial charge in [-0.3, -0.25) is 0 Å². The first-order valence-electron chi connectivity index (χ1n) is 4.84. The average Bonchev–Trinajstić information content (AvgIpc) is 2.11. The first-order valence-corrected chi connectivity index (χ1v) is 4.84. The van der Waals surface area contributed by atoms with E-state index in [1.165, 1.54) is 13.8 Å². The minimum atomic E-state index is -6.22. The quantitative estimate of drug-likeness (QED) is 0.626. The van der Waals surface area contributed by atoms with Crippen LogP contribution in [-0.2, 0) is 0 Å². The molecule has 98 valence electrons. The Kier molecular flexibility index (Phi) is 4.64. The molecule has 1 atom stereocenters. The third kappa shape index (κ3) is 2.60. The maximum atomic E-state index is 13.1. The van der Waals surface area contributed by atoms with E-state index >= 15 is 0 Å². The highest BCUT2D eigenvalue weighted by Gasteiger charge is 2.74. The van der Waals surface area contributed by atoms with Crippen LogP contribution in [0.5, 0.6) is 0 Å². The second-order valence-electron chi connectivity index (χ2n) is 3.59. The molecule has 0 amide bonds. The van der Waals surface area contributed by atoms with Gasteiger partial charge in [-0.25, -0.2) is 0 Å². The van der Waals surface area contributed by atoms with Gasteiger partial charge < -0.3 is 0 Å². The summed E-state index contributed by atoms with van der Waals surface area (Å²) in [5.41, 5.74) is 0. The van der Waals surface area contributed by atoms with Gasteiger partial charge in [0.05, 0.1) is 0 Å². The Morgan fingerprint density at radius 2 is 1.31 bits per heavy atom. The molecular formula is C9H13F7. The number of rotatable bonds is 5. The molecule has 7 heteroatoms. The molecule has 0 aliphatic heterocycles. The Morgan fingerprint density at radius 3 is 1.56 bits per heavy atom. The fourth-order valence-corrected chi connectivity index (χ4v) is 1.44. The van der Waals surface area contributed by atoms with Gasteiger partial charge in [0.15, 0.2) is 0 Å². The third-order valence-corrected chi connectivity index (χ3v) is 2.42. The summed E-state index contributed by atoms with van der Waals surface area (Å²) >= 11 is 0. The largest absolute Gasteiger partial charge is 0.459 e. The molecule has 16 heavy (non-hydrogen) atoms. The molecule has 0 aliphatic rings. The van der Waals surface area contributed by atoms with Gasteiger partial charge in [-0.2, -0.15) is 30.7 Å². The minimum absolute atomic E-state index is 0.127. The molecule has 1 unspecified atom stereocenters. The van der Waals surface area contributed by atoms with Crippen molar-refractivity contribution in [3.8, 4) is 0 Å². The van der Waals surface area contributed by atoms with E-state index in [0.717, 1.165) is 0 Å². The summed E-state index contributed by atoms with van der Waals surface area (Å²) in [4.78, 5) is 0. The summed E-state index contributed by atoms with van der Waals surface area (Å²) < 4.78 is 86.9. The Bertz CT molecular complexity index is 218. The van der Waals surface area contributed by atoms with Crippen LogP contribution in [0, 0.1) is 5.92 Å². The van der Waals surface area contributed by atoms with Crippen molar-refractivity contribution in [3.05, 3.63) is 0 Å². The van der Waals surface area contributed by atoms with Crippen molar-refractivity contribution in [2.75, 3.05) is 0 Å². The van der Waals surface area contributed by atoms with Gasteiger partial charge in [0.1, 0.15) is 0 Å². The van der Waals surface area contributed by atoms with E-state index in [-0.39, 0.29) is 12.8 Å². The van der Waals surface area contributed by atoms with Crippen molar-refractivity contribution >= 4 is 0 Å². The Balaban J connectivity index is 5.15. The molecule has 0 spiro atoms. The first-order chi connectivity index (χ1) is 7.02. The maximum absolute atomic E-state index is 13.1. The Hall–Kier alpha value is -0.490. The standard InChI is InChI=1S/C9H13F7/c1-3-5-6(4-2)7(10,11)8(12,13)9(14,15)16/h6H,3-5H2,1-2H3. The Morgan fingerprint density at radius 1 is 0.875 bits per heavy atom. The lowest BCUT2D eigenvalue weighted by atomic mass is 9.89.